The summed E-state index contributed by atoms with van der Waals surface area (Å²) in [5, 5.41) is 13.8. The first kappa shape index (κ1) is 14.7. The Bertz CT molecular complexity index is 774. The van der Waals surface area contributed by atoms with E-state index in [-0.39, 0.29) is 5.91 Å². The van der Waals surface area contributed by atoms with E-state index in [1.54, 1.807) is 19.1 Å². The summed E-state index contributed by atoms with van der Waals surface area (Å²) in [4.78, 5) is 12.2. The molecule has 1 unspecified atom stereocenters. The summed E-state index contributed by atoms with van der Waals surface area (Å²) in [5.41, 5.74) is 1.40. The topological polar surface area (TPSA) is 81.9 Å². The molecule has 0 aliphatic carbocycles. The summed E-state index contributed by atoms with van der Waals surface area (Å²) in [6.07, 6.45) is 0.872. The minimum absolute atomic E-state index is 0.234. The summed E-state index contributed by atoms with van der Waals surface area (Å²) in [7, 11) is 0. The predicted molar refractivity (Wildman–Crippen MR) is 84.3 cm³/mol. The van der Waals surface area contributed by atoms with Crippen molar-refractivity contribution in [3.63, 3.8) is 0 Å². The van der Waals surface area contributed by atoms with Gasteiger partial charge in [-0.2, -0.15) is 0 Å². The summed E-state index contributed by atoms with van der Waals surface area (Å²) in [6.45, 7) is 1.70. The van der Waals surface area contributed by atoms with Crippen LogP contribution in [0.15, 0.2) is 60.9 Å². The first-order valence-electron chi connectivity index (χ1n) is 7.08. The summed E-state index contributed by atoms with van der Waals surface area (Å²) >= 11 is 0. The van der Waals surface area contributed by atoms with Crippen LogP contribution in [0.5, 0.6) is 5.75 Å². The molecule has 1 atom stereocenters. The summed E-state index contributed by atoms with van der Waals surface area (Å²) in [6, 6.07) is 16.5. The van der Waals surface area contributed by atoms with Gasteiger partial charge in [0.05, 0.1) is 5.69 Å². The van der Waals surface area contributed by atoms with Gasteiger partial charge in [0.2, 0.25) is 0 Å². The average Bonchev–Trinajstić information content (AvgIpc) is 3.10. The molecule has 1 amide bonds. The molecule has 0 bridgehead atoms. The van der Waals surface area contributed by atoms with Gasteiger partial charge in [-0.25, -0.2) is 4.68 Å². The lowest BCUT2D eigenvalue weighted by Crippen LogP contribution is -2.30. The monoisotopic (exact) mass is 309 g/mol. The molecule has 0 aliphatic rings. The van der Waals surface area contributed by atoms with Crippen LogP contribution in [0.1, 0.15) is 6.92 Å². The standard InChI is InChI=1S/C16H15N5O2/c1-12(23-15-8-3-2-4-9-15)16(22)18-13-6-5-7-14(10-13)21-11-17-19-20-21/h2-12H,1H3,(H,18,22). The number of benzene rings is 2. The number of para-hydroxylation sites is 1. The highest BCUT2D eigenvalue weighted by molar-refractivity contribution is 5.94. The maximum atomic E-state index is 12.2. The van der Waals surface area contributed by atoms with Gasteiger partial charge < -0.3 is 10.1 Å². The SMILES string of the molecule is CC(Oc1ccccc1)C(=O)Nc1cccc(-n2cnnn2)c1. The predicted octanol–water partition coefficient (Wildman–Crippen LogP) is 2.07. The number of hydrogen-bond donors (Lipinski definition) is 1. The van der Waals surface area contributed by atoms with Crippen LogP contribution in [0.2, 0.25) is 0 Å². The van der Waals surface area contributed by atoms with E-state index in [4.69, 9.17) is 4.74 Å². The molecule has 1 aromatic heterocycles. The van der Waals surface area contributed by atoms with E-state index in [9.17, 15) is 4.79 Å². The van der Waals surface area contributed by atoms with Gasteiger partial charge in [-0.1, -0.05) is 24.3 Å². The van der Waals surface area contributed by atoms with Crippen molar-refractivity contribution in [3.8, 4) is 11.4 Å². The van der Waals surface area contributed by atoms with Gasteiger partial charge in [0.1, 0.15) is 12.1 Å². The third-order valence-corrected chi connectivity index (χ3v) is 3.15. The third-order valence-electron chi connectivity index (χ3n) is 3.15. The molecule has 0 aliphatic heterocycles. The van der Waals surface area contributed by atoms with E-state index < -0.39 is 6.10 Å². The van der Waals surface area contributed by atoms with Crippen LogP contribution < -0.4 is 10.1 Å². The molecule has 116 valence electrons. The van der Waals surface area contributed by atoms with Crippen molar-refractivity contribution in [2.75, 3.05) is 5.32 Å². The molecule has 1 heterocycles. The highest BCUT2D eigenvalue weighted by atomic mass is 16.5. The number of rotatable bonds is 5. The van der Waals surface area contributed by atoms with Crippen LogP contribution in [0.3, 0.4) is 0 Å². The lowest BCUT2D eigenvalue weighted by Gasteiger charge is -2.15. The Labute approximate surface area is 132 Å². The molecule has 2 aromatic carbocycles. The second kappa shape index (κ2) is 6.69. The number of carbonyl (C=O) groups is 1. The van der Waals surface area contributed by atoms with Crippen molar-refractivity contribution in [2.45, 2.75) is 13.0 Å². The van der Waals surface area contributed by atoms with Gasteiger partial charge in [0.15, 0.2) is 6.10 Å². The van der Waals surface area contributed by atoms with E-state index >= 15 is 0 Å². The Morgan fingerprint density at radius 2 is 2.00 bits per heavy atom. The van der Waals surface area contributed by atoms with E-state index in [0.29, 0.717) is 11.4 Å². The molecule has 0 saturated heterocycles. The zero-order valence-electron chi connectivity index (χ0n) is 12.5. The van der Waals surface area contributed by atoms with Gasteiger partial charge in [-0.3, -0.25) is 4.79 Å². The molecule has 3 aromatic rings. The zero-order chi connectivity index (χ0) is 16.1. The zero-order valence-corrected chi connectivity index (χ0v) is 12.5. The van der Waals surface area contributed by atoms with Gasteiger partial charge in [-0.15, -0.1) is 5.10 Å². The molecular formula is C16H15N5O2. The van der Waals surface area contributed by atoms with E-state index in [1.165, 1.54) is 11.0 Å². The van der Waals surface area contributed by atoms with Crippen molar-refractivity contribution < 1.29 is 9.53 Å². The van der Waals surface area contributed by atoms with Crippen LogP contribution in [-0.2, 0) is 4.79 Å². The first-order valence-corrected chi connectivity index (χ1v) is 7.08. The molecule has 3 rings (SSSR count). The third kappa shape index (κ3) is 3.70. The number of nitrogens with zero attached hydrogens (tertiary/aromatic N) is 4. The number of nitrogens with one attached hydrogen (secondary N) is 1. The first-order chi connectivity index (χ1) is 11.2. The molecule has 7 nitrogen and oxygen atoms in total. The Kier molecular flexibility index (Phi) is 4.28. The maximum Gasteiger partial charge on any atom is 0.265 e. The fourth-order valence-corrected chi connectivity index (χ4v) is 2.01. The summed E-state index contributed by atoms with van der Waals surface area (Å²) < 4.78 is 7.11. The minimum Gasteiger partial charge on any atom is -0.481 e. The molecule has 23 heavy (non-hydrogen) atoms. The minimum atomic E-state index is -0.617. The molecule has 1 N–H and O–H groups in total. The van der Waals surface area contributed by atoms with Gasteiger partial charge >= 0.3 is 0 Å². The number of anilines is 1. The number of amides is 1. The molecule has 7 heteroatoms. The lowest BCUT2D eigenvalue weighted by molar-refractivity contribution is -0.122. The highest BCUT2D eigenvalue weighted by Gasteiger charge is 2.15. The average molecular weight is 309 g/mol. The number of carbonyl (C=O) groups excluding carboxylic acids is 1. The maximum absolute atomic E-state index is 12.2. The molecule has 0 saturated carbocycles. The second-order valence-electron chi connectivity index (χ2n) is 4.87. The quantitative estimate of drug-likeness (QED) is 0.780. The number of aromatic nitrogens is 4. The summed E-state index contributed by atoms with van der Waals surface area (Å²) in [5.74, 6) is 0.417. The fraction of sp³-hybridized carbons (Fsp3) is 0.125. The van der Waals surface area contributed by atoms with E-state index in [2.05, 4.69) is 20.8 Å². The van der Waals surface area contributed by atoms with E-state index in [0.717, 1.165) is 5.69 Å². The van der Waals surface area contributed by atoms with Crippen molar-refractivity contribution >= 4 is 11.6 Å². The van der Waals surface area contributed by atoms with Crippen LogP contribution >= 0.6 is 0 Å². The fourth-order valence-electron chi connectivity index (χ4n) is 2.01. The van der Waals surface area contributed by atoms with Gasteiger partial charge in [0.25, 0.3) is 5.91 Å². The van der Waals surface area contributed by atoms with Crippen LogP contribution in [0.25, 0.3) is 5.69 Å². The Hall–Kier alpha value is -3.22. The van der Waals surface area contributed by atoms with Crippen LogP contribution in [0, 0.1) is 0 Å². The molecule has 0 fully saturated rings. The molecule has 0 spiro atoms. The number of hydrogen-bond acceptors (Lipinski definition) is 5. The smallest absolute Gasteiger partial charge is 0.265 e. The van der Waals surface area contributed by atoms with E-state index in [1.807, 2.05) is 42.5 Å². The second-order valence-corrected chi connectivity index (χ2v) is 4.87. The lowest BCUT2D eigenvalue weighted by atomic mass is 10.2. The van der Waals surface area contributed by atoms with Crippen molar-refractivity contribution in [3.05, 3.63) is 60.9 Å². The normalized spacial score (nSPS) is 11.7. The van der Waals surface area contributed by atoms with Crippen LogP contribution in [-0.4, -0.2) is 32.2 Å². The van der Waals surface area contributed by atoms with Crippen molar-refractivity contribution in [1.29, 1.82) is 0 Å². The van der Waals surface area contributed by atoms with Crippen molar-refractivity contribution in [2.24, 2.45) is 0 Å². The van der Waals surface area contributed by atoms with Crippen molar-refractivity contribution in [1.82, 2.24) is 20.2 Å². The Morgan fingerprint density at radius 3 is 2.74 bits per heavy atom. The molecular weight excluding hydrogens is 294 g/mol. The van der Waals surface area contributed by atoms with Gasteiger partial charge in [0, 0.05) is 5.69 Å². The number of tetrazole rings is 1. The van der Waals surface area contributed by atoms with Gasteiger partial charge in [-0.05, 0) is 47.7 Å². The molecule has 0 radical (unpaired) electrons. The Morgan fingerprint density at radius 1 is 1.17 bits per heavy atom. The highest BCUT2D eigenvalue weighted by Crippen LogP contribution is 2.15. The van der Waals surface area contributed by atoms with Crippen LogP contribution in [0.4, 0.5) is 5.69 Å². The largest absolute Gasteiger partial charge is 0.481 e. The number of ether oxygens (including phenoxy) is 1. The Balaban J connectivity index is 1.67.